The topological polar surface area (TPSA) is 178 Å². The Balaban J connectivity index is 1.85. The normalized spacial score (nSPS) is 13.8. The molecule has 11 nitrogen and oxygen atoms in total. The number of nitrogens with two attached hydrogens (primary N) is 3. The van der Waals surface area contributed by atoms with E-state index in [0.717, 1.165) is 17.5 Å². The molecule has 262 valence electrons. The second-order valence-electron chi connectivity index (χ2n) is 12.0. The molecule has 3 aromatic rings. The quantitative estimate of drug-likeness (QED) is 0.0865. The highest BCUT2D eigenvalue weighted by atomic mass is 32.1. The summed E-state index contributed by atoms with van der Waals surface area (Å²) in [6, 6.07) is 10.6. The van der Waals surface area contributed by atoms with E-state index in [1.54, 1.807) is 6.07 Å². The van der Waals surface area contributed by atoms with Crippen LogP contribution >= 0.6 is 0 Å². The first-order valence-electron chi connectivity index (χ1n) is 15.8. The van der Waals surface area contributed by atoms with E-state index in [-0.39, 0.29) is 25.0 Å². The number of likely N-dealkylation sites (N-methyl/N-ethyl adjacent to an activating group) is 1. The summed E-state index contributed by atoms with van der Waals surface area (Å²) in [5.41, 5.74) is 18.1. The van der Waals surface area contributed by atoms with Gasteiger partial charge >= 0.3 is 6.18 Å². The van der Waals surface area contributed by atoms with E-state index in [4.69, 9.17) is 29.8 Å². The van der Waals surface area contributed by atoms with Gasteiger partial charge < -0.3 is 50.3 Å². The van der Waals surface area contributed by atoms with Gasteiger partial charge in [-0.25, -0.2) is 0 Å². The number of alkyl halides is 3. The number of benzene rings is 2. The third-order valence-electron chi connectivity index (χ3n) is 8.14. The number of nitrogens with zero attached hydrogens (tertiary/aromatic N) is 2. The molecule has 9 N–H and O–H groups in total. The Morgan fingerprint density at radius 3 is 2.23 bits per heavy atom. The molecule has 15 heteroatoms. The van der Waals surface area contributed by atoms with E-state index in [0.29, 0.717) is 60.4 Å². The van der Waals surface area contributed by atoms with Crippen molar-refractivity contribution in [2.75, 3.05) is 50.8 Å². The van der Waals surface area contributed by atoms with Gasteiger partial charge in [-0.05, 0) is 49.4 Å². The summed E-state index contributed by atoms with van der Waals surface area (Å²) in [4.78, 5) is 44.5. The number of aromatic nitrogens is 1. The number of rotatable bonds is 18. The van der Waals surface area contributed by atoms with Crippen LogP contribution in [-0.4, -0.2) is 90.8 Å². The molecule has 2 aromatic carbocycles. The molecule has 3 atom stereocenters. The third-order valence-corrected chi connectivity index (χ3v) is 8.50. The molecule has 0 aliphatic rings. The maximum absolute atomic E-state index is 13.8. The zero-order chi connectivity index (χ0) is 35.3. The first-order valence-corrected chi connectivity index (χ1v) is 16.4. The summed E-state index contributed by atoms with van der Waals surface area (Å²) in [6.07, 6.45) is -2.34. The van der Waals surface area contributed by atoms with Crippen molar-refractivity contribution in [2.45, 2.75) is 50.0 Å². The molecular formula is C33H45F3N8O3S. The fraction of sp³-hybridized carbons (Fsp3) is 0.455. The van der Waals surface area contributed by atoms with Crippen LogP contribution in [0.2, 0.25) is 0 Å². The Bertz CT molecular complexity index is 1520. The number of carbonyl (C=O) groups is 3. The van der Waals surface area contributed by atoms with Crippen LogP contribution in [0.4, 0.5) is 18.9 Å². The van der Waals surface area contributed by atoms with Gasteiger partial charge in [0.25, 0.3) is 0 Å². The van der Waals surface area contributed by atoms with E-state index < -0.39 is 47.6 Å². The molecule has 3 amide bonds. The lowest BCUT2D eigenvalue weighted by atomic mass is 10.0. The average Bonchev–Trinajstić information content (AvgIpc) is 3.05. The molecule has 0 unspecified atom stereocenters. The van der Waals surface area contributed by atoms with Crippen molar-refractivity contribution in [3.8, 4) is 0 Å². The van der Waals surface area contributed by atoms with Crippen molar-refractivity contribution in [1.29, 1.82) is 0 Å². The van der Waals surface area contributed by atoms with Crippen LogP contribution < -0.4 is 33.2 Å². The predicted molar refractivity (Wildman–Crippen MR) is 182 cm³/mol. The third kappa shape index (κ3) is 11.7. The van der Waals surface area contributed by atoms with Gasteiger partial charge in [0.2, 0.25) is 17.7 Å². The van der Waals surface area contributed by atoms with Gasteiger partial charge in [0.05, 0.1) is 55.7 Å². The number of quaternary nitrogens is 1. The zero-order valence-corrected chi connectivity index (χ0v) is 27.8. The van der Waals surface area contributed by atoms with Gasteiger partial charge in [-0.2, -0.15) is 18.9 Å². The number of hydrogen-bond acceptors (Lipinski definition) is 8. The number of pyridine rings is 1. The molecule has 0 aliphatic heterocycles. The molecule has 3 rings (SSSR count). The van der Waals surface area contributed by atoms with Crippen LogP contribution in [0.15, 0.2) is 60.8 Å². The van der Waals surface area contributed by atoms with Crippen LogP contribution in [0.3, 0.4) is 0 Å². The summed E-state index contributed by atoms with van der Waals surface area (Å²) >= 11 is 4.93. The molecule has 0 saturated heterocycles. The van der Waals surface area contributed by atoms with Crippen molar-refractivity contribution in [3.05, 3.63) is 71.9 Å². The van der Waals surface area contributed by atoms with Crippen LogP contribution in [0.1, 0.15) is 30.4 Å². The van der Waals surface area contributed by atoms with E-state index in [1.165, 1.54) is 18.3 Å². The number of carbonyl (C=O) groups excluding carboxylic acids is 3. The summed E-state index contributed by atoms with van der Waals surface area (Å²) in [6.45, 7) is 2.85. The smallest absolute Gasteiger partial charge is 0.416 e. The molecule has 0 saturated carbocycles. The molecule has 1 aromatic heterocycles. The van der Waals surface area contributed by atoms with Gasteiger partial charge in [-0.1, -0.05) is 36.4 Å². The number of aryl methyl sites for hydroxylation is 1. The second-order valence-corrected chi connectivity index (χ2v) is 12.4. The Hall–Kier alpha value is -3.76. The first-order chi connectivity index (χ1) is 22.8. The van der Waals surface area contributed by atoms with Crippen molar-refractivity contribution in [1.82, 2.24) is 15.6 Å². The number of para-hydroxylation sites is 1. The first kappa shape index (κ1) is 38.7. The lowest BCUT2D eigenvalue weighted by molar-refractivity contribution is -0.907. The van der Waals surface area contributed by atoms with E-state index >= 15 is 0 Å². The maximum Gasteiger partial charge on any atom is 0.416 e. The highest BCUT2D eigenvalue weighted by molar-refractivity contribution is 7.58. The van der Waals surface area contributed by atoms with Gasteiger partial charge in [0, 0.05) is 18.5 Å². The van der Waals surface area contributed by atoms with Gasteiger partial charge in [0.15, 0.2) is 0 Å². The molecule has 48 heavy (non-hydrogen) atoms. The Morgan fingerprint density at radius 2 is 1.56 bits per heavy atom. The molecule has 0 fully saturated rings. The van der Waals surface area contributed by atoms with Crippen molar-refractivity contribution < 1.29 is 32.0 Å². The fourth-order valence-corrected chi connectivity index (χ4v) is 5.53. The highest BCUT2D eigenvalue weighted by Gasteiger charge is 2.31. The lowest BCUT2D eigenvalue weighted by Crippen LogP contribution is -2.56. The molecule has 0 bridgehead atoms. The number of anilines is 1. The van der Waals surface area contributed by atoms with Gasteiger partial charge in [-0.15, -0.1) is 0 Å². The molecule has 0 aliphatic carbocycles. The van der Waals surface area contributed by atoms with Gasteiger partial charge in [-0.3, -0.25) is 19.4 Å². The summed E-state index contributed by atoms with van der Waals surface area (Å²) < 4.78 is 40.7. The van der Waals surface area contributed by atoms with Crippen molar-refractivity contribution in [2.24, 2.45) is 17.2 Å². The minimum atomic E-state index is -4.54. The van der Waals surface area contributed by atoms with Crippen LogP contribution in [-0.2, 0) is 39.6 Å². The van der Waals surface area contributed by atoms with Crippen LogP contribution in [0.25, 0.3) is 10.9 Å². The number of fused-ring (bicyclic) bond motifs is 1. The van der Waals surface area contributed by atoms with E-state index in [2.05, 4.69) is 20.9 Å². The van der Waals surface area contributed by atoms with Crippen molar-refractivity contribution in [3.63, 3.8) is 0 Å². The molecule has 1 heterocycles. The summed E-state index contributed by atoms with van der Waals surface area (Å²) in [5.74, 6) is -1.93. The number of hydrogen-bond donors (Lipinski definition) is 6. The maximum atomic E-state index is 13.8. The predicted octanol–water partition coefficient (Wildman–Crippen LogP) is 1.81. The molecule has 0 spiro atoms. The minimum Gasteiger partial charge on any atom is -0.791 e. The molecular weight excluding hydrogens is 645 g/mol. The standard InChI is InChI=1S/C33H45F3N8O3S/c1-44(16-13-37,17-14-38)15-5-10-28(42-30(45)26(39)21-48)32(47)43-29(12-11-22-6-4-8-24(18-22)33(34,35)36)31(46)41-25-19-23-7-2-3-9-27(23)40-20-25/h2-4,6-9,18-20,26,28-29H,5,10-17,21,37-39H2,1H3,(H3-,41,42,43,45,46,47,48)/t26-,28+,29-/m1/s1. The zero-order valence-electron chi connectivity index (χ0n) is 27.0. The fourth-order valence-electron chi connectivity index (χ4n) is 5.38. The lowest BCUT2D eigenvalue weighted by Gasteiger charge is -2.34. The summed E-state index contributed by atoms with van der Waals surface area (Å²) in [5, 5.41) is 8.93. The Labute approximate surface area is 284 Å². The molecule has 0 radical (unpaired) electrons. The number of amides is 3. The van der Waals surface area contributed by atoms with E-state index in [1.807, 2.05) is 31.3 Å². The minimum absolute atomic E-state index is 0.0335. The largest absolute Gasteiger partial charge is 0.791 e. The highest BCUT2D eigenvalue weighted by Crippen LogP contribution is 2.30. The van der Waals surface area contributed by atoms with Crippen LogP contribution in [0.5, 0.6) is 0 Å². The van der Waals surface area contributed by atoms with E-state index in [9.17, 15) is 27.6 Å². The second kappa shape index (κ2) is 18.1. The average molecular weight is 691 g/mol. The summed E-state index contributed by atoms with van der Waals surface area (Å²) in [7, 11) is 2.01. The SMILES string of the molecule is C[N+](CCN)(CCN)CCC[C@H](NC(=O)[C@H](N)C[S-])C(=O)N[C@H](CCc1cccc(C(F)(F)F)c1)C(=O)Nc1cnc2ccccc2c1. The number of nitrogens with one attached hydrogen (secondary N) is 3. The number of halogens is 3. The Kier molecular flexibility index (Phi) is 14.6. The monoisotopic (exact) mass is 690 g/mol. The van der Waals surface area contributed by atoms with Crippen molar-refractivity contribution >= 4 is 46.9 Å². The van der Waals surface area contributed by atoms with Gasteiger partial charge in [0.1, 0.15) is 12.1 Å². The van der Waals surface area contributed by atoms with Crippen LogP contribution in [0, 0.1) is 0 Å². The Morgan fingerprint density at radius 1 is 0.896 bits per heavy atom.